The van der Waals surface area contributed by atoms with E-state index in [0.717, 1.165) is 15.5 Å². The summed E-state index contributed by atoms with van der Waals surface area (Å²) in [6, 6.07) is 4.14. The van der Waals surface area contributed by atoms with Crippen molar-refractivity contribution >= 4 is 38.6 Å². The lowest BCUT2D eigenvalue weighted by Gasteiger charge is -1.93. The van der Waals surface area contributed by atoms with Gasteiger partial charge in [0.05, 0.1) is 23.2 Å². The Morgan fingerprint density at radius 1 is 1.54 bits per heavy atom. The van der Waals surface area contributed by atoms with E-state index in [0.29, 0.717) is 11.0 Å². The Kier molecular flexibility index (Phi) is 2.17. The average molecular weight is 262 g/mol. The van der Waals surface area contributed by atoms with Crippen molar-refractivity contribution in [1.82, 2.24) is 9.97 Å². The summed E-state index contributed by atoms with van der Waals surface area (Å²) in [4.78, 5) is 7.14. The van der Waals surface area contributed by atoms with Crippen LogP contribution in [0.25, 0.3) is 11.0 Å². The van der Waals surface area contributed by atoms with E-state index in [4.69, 9.17) is 16.3 Å². The third kappa shape index (κ3) is 1.51. The first kappa shape index (κ1) is 8.84. The van der Waals surface area contributed by atoms with Gasteiger partial charge in [0.15, 0.2) is 0 Å². The fraction of sp³-hybridized carbons (Fsp3) is 0.125. The van der Waals surface area contributed by atoms with Crippen molar-refractivity contribution in [2.24, 2.45) is 0 Å². The zero-order chi connectivity index (χ0) is 9.42. The predicted molar refractivity (Wildman–Crippen MR) is 55.4 cm³/mol. The van der Waals surface area contributed by atoms with Crippen LogP contribution in [0.4, 0.5) is 0 Å². The highest BCUT2D eigenvalue weighted by molar-refractivity contribution is 9.10. The van der Waals surface area contributed by atoms with E-state index in [1.54, 1.807) is 13.2 Å². The van der Waals surface area contributed by atoms with Crippen molar-refractivity contribution in [1.29, 1.82) is 0 Å². The molecule has 0 amide bonds. The molecule has 0 atom stereocenters. The second-order valence-electron chi connectivity index (χ2n) is 2.53. The molecule has 2 aromatic rings. The molecule has 1 heterocycles. The summed E-state index contributed by atoms with van der Waals surface area (Å²) >= 11 is 9.23. The molecule has 0 aliphatic heterocycles. The maximum absolute atomic E-state index is 5.90. The van der Waals surface area contributed by atoms with Crippen LogP contribution in [0, 0.1) is 0 Å². The summed E-state index contributed by atoms with van der Waals surface area (Å²) in [7, 11) is 1.56. The van der Waals surface area contributed by atoms with Crippen molar-refractivity contribution in [2.75, 3.05) is 7.11 Å². The highest BCUT2D eigenvalue weighted by Gasteiger charge is 2.05. The molecule has 1 aromatic carbocycles. The highest BCUT2D eigenvalue weighted by Crippen LogP contribution is 2.27. The third-order valence-electron chi connectivity index (χ3n) is 1.70. The molecular formula is C8H6BrClN2O. The Hall–Kier alpha value is -0.740. The fourth-order valence-corrected chi connectivity index (χ4v) is 1.57. The number of aromatic nitrogens is 2. The number of benzene rings is 1. The lowest BCUT2D eigenvalue weighted by Crippen LogP contribution is -1.82. The molecular weight excluding hydrogens is 255 g/mol. The van der Waals surface area contributed by atoms with Gasteiger partial charge in [0.2, 0.25) is 0 Å². The van der Waals surface area contributed by atoms with E-state index >= 15 is 0 Å². The van der Waals surface area contributed by atoms with Crippen LogP contribution >= 0.6 is 27.5 Å². The lowest BCUT2D eigenvalue weighted by molar-refractivity contribution is 0.386. The summed E-state index contributed by atoms with van der Waals surface area (Å²) in [5.74, 6) is 0. The Bertz CT molecular complexity index is 416. The maximum Gasteiger partial charge on any atom is 0.294 e. The predicted octanol–water partition coefficient (Wildman–Crippen LogP) is 2.99. The Labute approximate surface area is 88.2 Å². The SMILES string of the molecule is COc1nc2cc(Br)c(Cl)cc2[nH]1. The molecule has 2 rings (SSSR count). The van der Waals surface area contributed by atoms with Crippen LogP contribution in [-0.4, -0.2) is 17.1 Å². The number of nitrogens with one attached hydrogen (secondary N) is 1. The first-order valence-electron chi connectivity index (χ1n) is 3.59. The van der Waals surface area contributed by atoms with E-state index in [1.165, 1.54) is 0 Å². The van der Waals surface area contributed by atoms with E-state index < -0.39 is 0 Å². The number of hydrogen-bond acceptors (Lipinski definition) is 2. The quantitative estimate of drug-likeness (QED) is 0.857. The highest BCUT2D eigenvalue weighted by atomic mass is 79.9. The molecule has 0 fully saturated rings. The van der Waals surface area contributed by atoms with Gasteiger partial charge >= 0.3 is 0 Å². The standard InChI is InChI=1S/C8H6BrClN2O/c1-13-8-11-6-2-4(9)5(10)3-7(6)12-8/h2-3H,1H3,(H,11,12). The summed E-state index contributed by atoms with van der Waals surface area (Å²) in [5, 5.41) is 0.652. The summed E-state index contributed by atoms with van der Waals surface area (Å²) in [5.41, 5.74) is 1.69. The number of halogens is 2. The van der Waals surface area contributed by atoms with Crippen LogP contribution in [-0.2, 0) is 0 Å². The van der Waals surface area contributed by atoms with Gasteiger partial charge in [-0.2, -0.15) is 4.98 Å². The van der Waals surface area contributed by atoms with Gasteiger partial charge in [0, 0.05) is 4.47 Å². The normalized spacial score (nSPS) is 10.7. The molecule has 0 saturated heterocycles. The molecule has 0 spiro atoms. The topological polar surface area (TPSA) is 37.9 Å². The Morgan fingerprint density at radius 3 is 3.00 bits per heavy atom. The maximum atomic E-state index is 5.90. The molecule has 3 nitrogen and oxygen atoms in total. The minimum Gasteiger partial charge on any atom is -0.468 e. The monoisotopic (exact) mass is 260 g/mol. The number of hydrogen-bond donors (Lipinski definition) is 1. The van der Waals surface area contributed by atoms with E-state index in [9.17, 15) is 0 Å². The van der Waals surface area contributed by atoms with Gasteiger partial charge in [-0.1, -0.05) is 11.6 Å². The van der Waals surface area contributed by atoms with Crippen LogP contribution in [0.3, 0.4) is 0 Å². The van der Waals surface area contributed by atoms with E-state index in [1.807, 2.05) is 6.07 Å². The van der Waals surface area contributed by atoms with Crippen LogP contribution in [0.2, 0.25) is 5.02 Å². The van der Waals surface area contributed by atoms with Gasteiger partial charge in [0.25, 0.3) is 6.01 Å². The molecule has 0 radical (unpaired) electrons. The molecule has 0 aliphatic carbocycles. The molecule has 1 aromatic heterocycles. The van der Waals surface area contributed by atoms with Crippen molar-refractivity contribution in [3.63, 3.8) is 0 Å². The summed E-state index contributed by atoms with van der Waals surface area (Å²) < 4.78 is 5.78. The number of nitrogens with zero attached hydrogens (tertiary/aromatic N) is 1. The van der Waals surface area contributed by atoms with Crippen LogP contribution < -0.4 is 4.74 Å². The fourth-order valence-electron chi connectivity index (χ4n) is 1.08. The Morgan fingerprint density at radius 2 is 2.31 bits per heavy atom. The van der Waals surface area contributed by atoms with Crippen molar-refractivity contribution in [3.8, 4) is 6.01 Å². The first-order valence-corrected chi connectivity index (χ1v) is 4.76. The number of fused-ring (bicyclic) bond motifs is 1. The van der Waals surface area contributed by atoms with E-state index in [2.05, 4.69) is 25.9 Å². The molecule has 0 saturated carbocycles. The van der Waals surface area contributed by atoms with Gasteiger partial charge < -0.3 is 9.72 Å². The number of aromatic amines is 1. The molecule has 68 valence electrons. The number of methoxy groups -OCH3 is 1. The minimum absolute atomic E-state index is 0.490. The second kappa shape index (κ2) is 3.20. The van der Waals surface area contributed by atoms with Crippen LogP contribution in [0.5, 0.6) is 6.01 Å². The molecule has 13 heavy (non-hydrogen) atoms. The lowest BCUT2D eigenvalue weighted by atomic mass is 10.3. The van der Waals surface area contributed by atoms with Gasteiger partial charge in [-0.05, 0) is 28.1 Å². The smallest absolute Gasteiger partial charge is 0.294 e. The van der Waals surface area contributed by atoms with Crippen LogP contribution in [0.1, 0.15) is 0 Å². The molecule has 1 N–H and O–H groups in total. The number of rotatable bonds is 1. The zero-order valence-corrected chi connectivity index (χ0v) is 9.11. The molecule has 0 unspecified atom stereocenters. The van der Waals surface area contributed by atoms with Gasteiger partial charge in [-0.25, -0.2) is 0 Å². The molecule has 5 heteroatoms. The Balaban J connectivity index is 2.70. The van der Waals surface area contributed by atoms with Gasteiger partial charge in [-0.3, -0.25) is 0 Å². The van der Waals surface area contributed by atoms with Gasteiger partial charge in [0.1, 0.15) is 0 Å². The number of H-pyrrole nitrogens is 1. The largest absolute Gasteiger partial charge is 0.468 e. The van der Waals surface area contributed by atoms with Crippen molar-refractivity contribution < 1.29 is 4.74 Å². The molecule has 0 bridgehead atoms. The minimum atomic E-state index is 0.490. The van der Waals surface area contributed by atoms with Gasteiger partial charge in [-0.15, -0.1) is 0 Å². The number of ether oxygens (including phenoxy) is 1. The van der Waals surface area contributed by atoms with Crippen molar-refractivity contribution in [2.45, 2.75) is 0 Å². The number of imidazole rings is 1. The third-order valence-corrected chi connectivity index (χ3v) is 2.89. The zero-order valence-electron chi connectivity index (χ0n) is 6.77. The summed E-state index contributed by atoms with van der Waals surface area (Å²) in [6.45, 7) is 0. The molecule has 0 aliphatic rings. The second-order valence-corrected chi connectivity index (χ2v) is 3.79. The van der Waals surface area contributed by atoms with E-state index in [-0.39, 0.29) is 0 Å². The van der Waals surface area contributed by atoms with Crippen LogP contribution in [0.15, 0.2) is 16.6 Å². The summed E-state index contributed by atoms with van der Waals surface area (Å²) in [6.07, 6.45) is 0. The first-order chi connectivity index (χ1) is 6.20. The average Bonchev–Trinajstić information content (AvgIpc) is 2.48. The van der Waals surface area contributed by atoms with Crippen molar-refractivity contribution in [3.05, 3.63) is 21.6 Å².